The second-order valence-electron chi connectivity index (χ2n) is 6.60. The first-order chi connectivity index (χ1) is 10.2. The second-order valence-corrected chi connectivity index (χ2v) is 6.60. The maximum absolute atomic E-state index is 11.9. The number of rotatable bonds is 3. The first kappa shape index (κ1) is 18.1. The van der Waals surface area contributed by atoms with Gasteiger partial charge in [0.25, 0.3) is 0 Å². The molecule has 0 aromatic rings. The maximum Gasteiger partial charge on any atom is 0.407 e. The summed E-state index contributed by atoms with van der Waals surface area (Å²) in [6, 6.07) is -0.862. The van der Waals surface area contributed by atoms with Crippen LogP contribution in [0.1, 0.15) is 40.5 Å². The van der Waals surface area contributed by atoms with Gasteiger partial charge < -0.3 is 14.8 Å². The smallest absolute Gasteiger partial charge is 0.407 e. The number of amides is 1. The average molecular weight is 312 g/mol. The number of azide groups is 1. The van der Waals surface area contributed by atoms with Crippen LogP contribution in [0.3, 0.4) is 0 Å². The summed E-state index contributed by atoms with van der Waals surface area (Å²) in [6.07, 6.45) is 0.273. The third-order valence-electron chi connectivity index (χ3n) is 3.68. The van der Waals surface area contributed by atoms with Crippen molar-refractivity contribution < 1.29 is 19.1 Å². The van der Waals surface area contributed by atoms with Gasteiger partial charge in [-0.1, -0.05) is 12.0 Å². The highest BCUT2D eigenvalue weighted by atomic mass is 16.6. The molecular weight excluding hydrogens is 288 g/mol. The summed E-state index contributed by atoms with van der Waals surface area (Å²) in [7, 11) is 1.34. The van der Waals surface area contributed by atoms with E-state index in [1.165, 1.54) is 7.11 Å². The zero-order valence-electron chi connectivity index (χ0n) is 13.7. The van der Waals surface area contributed by atoms with Crippen molar-refractivity contribution in [2.75, 3.05) is 7.11 Å². The number of ether oxygens (including phenoxy) is 2. The van der Waals surface area contributed by atoms with Crippen molar-refractivity contribution in [2.24, 2.45) is 17.0 Å². The van der Waals surface area contributed by atoms with E-state index in [1.54, 1.807) is 20.8 Å². The van der Waals surface area contributed by atoms with Gasteiger partial charge in [0.15, 0.2) is 0 Å². The van der Waals surface area contributed by atoms with Crippen LogP contribution in [0.15, 0.2) is 5.11 Å². The summed E-state index contributed by atoms with van der Waals surface area (Å²) in [5.74, 6) is -0.641. The fourth-order valence-corrected chi connectivity index (χ4v) is 2.66. The largest absolute Gasteiger partial charge is 0.469 e. The molecule has 0 spiro atoms. The molecule has 1 aliphatic carbocycles. The number of methoxy groups -OCH3 is 1. The van der Waals surface area contributed by atoms with E-state index in [4.69, 9.17) is 15.0 Å². The molecule has 0 aromatic carbocycles. The van der Waals surface area contributed by atoms with Gasteiger partial charge in [0.1, 0.15) is 5.60 Å². The Kier molecular flexibility index (Phi) is 6.05. The number of hydrogen-bond donors (Lipinski definition) is 1. The lowest BCUT2D eigenvalue weighted by Gasteiger charge is -2.37. The van der Waals surface area contributed by atoms with E-state index in [1.807, 2.05) is 6.92 Å². The van der Waals surface area contributed by atoms with Crippen molar-refractivity contribution in [3.63, 3.8) is 0 Å². The van der Waals surface area contributed by atoms with E-state index >= 15 is 0 Å². The van der Waals surface area contributed by atoms with E-state index in [9.17, 15) is 9.59 Å². The van der Waals surface area contributed by atoms with Gasteiger partial charge in [0, 0.05) is 11.0 Å². The van der Waals surface area contributed by atoms with Gasteiger partial charge >= 0.3 is 12.1 Å². The molecule has 0 unspecified atom stereocenters. The monoisotopic (exact) mass is 312 g/mol. The molecular formula is C14H24N4O4. The van der Waals surface area contributed by atoms with Crippen molar-refractivity contribution in [2.45, 2.75) is 58.2 Å². The molecule has 0 heterocycles. The average Bonchev–Trinajstić information content (AvgIpc) is 2.39. The van der Waals surface area contributed by atoms with E-state index in [2.05, 4.69) is 15.3 Å². The van der Waals surface area contributed by atoms with Crippen LogP contribution in [-0.4, -0.2) is 36.9 Å². The van der Waals surface area contributed by atoms with E-state index in [0.29, 0.717) is 12.8 Å². The summed E-state index contributed by atoms with van der Waals surface area (Å²) < 4.78 is 10.0. The highest BCUT2D eigenvalue weighted by Crippen LogP contribution is 2.33. The van der Waals surface area contributed by atoms with Crippen molar-refractivity contribution in [3.05, 3.63) is 10.4 Å². The number of nitrogens with zero attached hydrogens (tertiary/aromatic N) is 3. The molecule has 1 saturated carbocycles. The zero-order chi connectivity index (χ0) is 16.9. The minimum absolute atomic E-state index is 0.0136. The van der Waals surface area contributed by atoms with E-state index in [0.717, 1.165) is 0 Å². The predicted molar refractivity (Wildman–Crippen MR) is 80.0 cm³/mol. The van der Waals surface area contributed by atoms with E-state index < -0.39 is 23.8 Å². The minimum Gasteiger partial charge on any atom is -0.469 e. The molecule has 0 radical (unpaired) electrons. The molecule has 1 amide bonds. The van der Waals surface area contributed by atoms with Crippen LogP contribution in [0.25, 0.3) is 10.4 Å². The molecule has 1 N–H and O–H groups in total. The Morgan fingerprint density at radius 2 is 1.95 bits per heavy atom. The Hall–Kier alpha value is -1.95. The third kappa shape index (κ3) is 5.11. The topological polar surface area (TPSA) is 113 Å². The van der Waals surface area contributed by atoms with Gasteiger partial charge in [-0.25, -0.2) is 4.79 Å². The standard InChI is InChI=1S/C14H24N4O4/c1-8-6-11(17-18-15)10(7-9(8)12(19)21-5)16-13(20)22-14(2,3)4/h8-11H,6-7H2,1-5H3,(H,16,20)/t8-,9+,10+,11+/m1/s1. The Labute approximate surface area is 130 Å². The lowest BCUT2D eigenvalue weighted by Crippen LogP contribution is -2.51. The molecule has 0 aliphatic heterocycles. The summed E-state index contributed by atoms with van der Waals surface area (Å²) in [5.41, 5.74) is 8.06. The second kappa shape index (κ2) is 7.35. The van der Waals surface area contributed by atoms with Crippen LogP contribution in [0.5, 0.6) is 0 Å². The number of nitrogens with one attached hydrogen (secondary N) is 1. The van der Waals surface area contributed by atoms with Crippen LogP contribution < -0.4 is 5.32 Å². The quantitative estimate of drug-likeness (QED) is 0.373. The zero-order valence-corrected chi connectivity index (χ0v) is 13.7. The molecule has 1 fully saturated rings. The minimum atomic E-state index is -0.623. The van der Waals surface area contributed by atoms with Crippen LogP contribution in [0.4, 0.5) is 4.79 Å². The normalized spacial score (nSPS) is 28.2. The molecule has 0 bridgehead atoms. The fraction of sp³-hybridized carbons (Fsp3) is 0.857. The Bertz CT molecular complexity index is 468. The molecule has 0 saturated heterocycles. The van der Waals surface area contributed by atoms with Crippen LogP contribution in [0.2, 0.25) is 0 Å². The van der Waals surface area contributed by atoms with Gasteiger partial charge in [0.05, 0.1) is 19.1 Å². The molecule has 0 aromatic heterocycles. The summed E-state index contributed by atoms with van der Waals surface area (Å²) in [6.45, 7) is 7.19. The number of hydrogen-bond acceptors (Lipinski definition) is 5. The van der Waals surface area contributed by atoms with Gasteiger partial charge in [-0.05, 0) is 45.1 Å². The van der Waals surface area contributed by atoms with Crippen molar-refractivity contribution in [1.82, 2.24) is 5.32 Å². The lowest BCUT2D eigenvalue weighted by atomic mass is 9.75. The van der Waals surface area contributed by atoms with Gasteiger partial charge in [-0.3, -0.25) is 4.79 Å². The van der Waals surface area contributed by atoms with Gasteiger partial charge in [0.2, 0.25) is 0 Å². The van der Waals surface area contributed by atoms with E-state index in [-0.39, 0.29) is 17.8 Å². The first-order valence-corrected chi connectivity index (χ1v) is 7.29. The highest BCUT2D eigenvalue weighted by Gasteiger charge is 2.40. The molecule has 8 heteroatoms. The SMILES string of the molecule is COC(=O)[C@H]1C[C@H](NC(=O)OC(C)(C)C)[C@@H](N=[N+]=[N-])C[C@H]1C. The van der Waals surface area contributed by atoms with Crippen LogP contribution >= 0.6 is 0 Å². The summed E-state index contributed by atoms with van der Waals surface area (Å²) in [5, 5.41) is 6.45. The molecule has 8 nitrogen and oxygen atoms in total. The van der Waals surface area contributed by atoms with Crippen LogP contribution in [-0.2, 0) is 14.3 Å². The lowest BCUT2D eigenvalue weighted by molar-refractivity contribution is -0.148. The Balaban J connectivity index is 2.83. The predicted octanol–water partition coefficient (Wildman–Crippen LogP) is 2.78. The number of carbonyl (C=O) groups is 2. The van der Waals surface area contributed by atoms with Crippen molar-refractivity contribution >= 4 is 12.1 Å². The molecule has 124 valence electrons. The number of carbonyl (C=O) groups excluding carboxylic acids is 2. The summed E-state index contributed by atoms with van der Waals surface area (Å²) in [4.78, 5) is 26.6. The fourth-order valence-electron chi connectivity index (χ4n) is 2.66. The van der Waals surface area contributed by atoms with Gasteiger partial charge in [-0.15, -0.1) is 0 Å². The maximum atomic E-state index is 11.9. The third-order valence-corrected chi connectivity index (χ3v) is 3.68. The summed E-state index contributed by atoms with van der Waals surface area (Å²) >= 11 is 0. The van der Waals surface area contributed by atoms with Crippen molar-refractivity contribution in [3.8, 4) is 0 Å². The Morgan fingerprint density at radius 1 is 1.32 bits per heavy atom. The molecule has 22 heavy (non-hydrogen) atoms. The first-order valence-electron chi connectivity index (χ1n) is 7.29. The highest BCUT2D eigenvalue weighted by molar-refractivity contribution is 5.73. The number of esters is 1. The van der Waals surface area contributed by atoms with Crippen LogP contribution in [0, 0.1) is 11.8 Å². The van der Waals surface area contributed by atoms with Gasteiger partial charge in [-0.2, -0.15) is 0 Å². The molecule has 1 aliphatic rings. The Morgan fingerprint density at radius 3 is 2.45 bits per heavy atom. The molecule has 4 atom stereocenters. The molecule has 1 rings (SSSR count). The number of alkyl carbamates (subject to hydrolysis) is 1. The van der Waals surface area contributed by atoms with Crippen molar-refractivity contribution in [1.29, 1.82) is 0 Å².